The first-order valence-electron chi connectivity index (χ1n) is 8.09. The molecule has 4 nitrogen and oxygen atoms in total. The van der Waals surface area contributed by atoms with E-state index >= 15 is 0 Å². The number of aliphatic carboxylic acids is 1. The maximum Gasteiger partial charge on any atom is 0.224 e. The summed E-state index contributed by atoms with van der Waals surface area (Å²) < 4.78 is 0. The Kier molecular flexibility index (Phi) is 3.74. The van der Waals surface area contributed by atoms with Crippen LogP contribution in [0, 0.1) is 29.6 Å². The van der Waals surface area contributed by atoms with Gasteiger partial charge in [0, 0.05) is 23.8 Å². The number of carbonyl (C=O) groups excluding carboxylic acids is 2. The van der Waals surface area contributed by atoms with Crippen LogP contribution < -0.4 is 10.4 Å². The number of carbonyl (C=O) groups is 2. The molecule has 0 aliphatic heterocycles. The molecular weight excluding hydrogens is 254 g/mol. The second kappa shape index (κ2) is 5.38. The van der Waals surface area contributed by atoms with E-state index in [1.807, 2.05) is 0 Å². The number of nitrogens with one attached hydrogen (secondary N) is 1. The Bertz CT molecular complexity index is 409. The average molecular weight is 278 g/mol. The first kappa shape index (κ1) is 13.9. The molecule has 112 valence electrons. The standard InChI is InChI=1S/C16H25NO3/c1-9-4-2-3-5-12(9)17-15(18)13-10-6-7-11(8-10)14(13)16(19)20/h9-14H,2-8H2,1H3,(H,17,18)(H,19,20)/p-1/t9-,10+,11+,12+,13-,14+/m1/s1. The van der Waals surface area contributed by atoms with Crippen LogP contribution in [-0.2, 0) is 9.59 Å². The number of carboxylic acid groups (broad SMARTS) is 1. The zero-order chi connectivity index (χ0) is 14.3. The first-order valence-corrected chi connectivity index (χ1v) is 8.09. The number of hydrogen-bond acceptors (Lipinski definition) is 3. The zero-order valence-corrected chi connectivity index (χ0v) is 12.1. The third-order valence-corrected chi connectivity index (χ3v) is 5.93. The molecule has 0 radical (unpaired) electrons. The Labute approximate surface area is 120 Å². The molecule has 0 aromatic heterocycles. The molecule has 0 aromatic rings. The predicted molar refractivity (Wildman–Crippen MR) is 72.4 cm³/mol. The summed E-state index contributed by atoms with van der Waals surface area (Å²) in [6.45, 7) is 2.18. The lowest BCUT2D eigenvalue weighted by atomic mass is 9.78. The Morgan fingerprint density at radius 1 is 1.00 bits per heavy atom. The SMILES string of the molecule is C[C@@H]1CCCC[C@@H]1NC(=O)[C@@H]1[C@H]2CC[C@@H](C2)[C@@H]1C(=O)[O-]. The highest BCUT2D eigenvalue weighted by atomic mass is 16.4. The van der Waals surface area contributed by atoms with Crippen LogP contribution in [0.3, 0.4) is 0 Å². The molecule has 1 amide bonds. The van der Waals surface area contributed by atoms with E-state index in [2.05, 4.69) is 12.2 Å². The van der Waals surface area contributed by atoms with Gasteiger partial charge in [-0.1, -0.05) is 19.8 Å². The van der Waals surface area contributed by atoms with Crippen LogP contribution in [0.1, 0.15) is 51.9 Å². The summed E-state index contributed by atoms with van der Waals surface area (Å²) in [5, 5.41) is 14.5. The van der Waals surface area contributed by atoms with Gasteiger partial charge in [0.15, 0.2) is 0 Å². The van der Waals surface area contributed by atoms with Gasteiger partial charge in [-0.15, -0.1) is 0 Å². The Morgan fingerprint density at radius 3 is 2.30 bits per heavy atom. The van der Waals surface area contributed by atoms with Gasteiger partial charge in [0.05, 0.1) is 0 Å². The Balaban J connectivity index is 1.68. The fourth-order valence-electron chi connectivity index (χ4n) is 4.82. The molecule has 3 aliphatic rings. The minimum atomic E-state index is -1.02. The van der Waals surface area contributed by atoms with Crippen molar-refractivity contribution in [2.24, 2.45) is 29.6 Å². The molecule has 0 heterocycles. The van der Waals surface area contributed by atoms with E-state index < -0.39 is 11.9 Å². The average Bonchev–Trinajstić information content (AvgIpc) is 3.01. The summed E-state index contributed by atoms with van der Waals surface area (Å²) in [7, 11) is 0. The number of fused-ring (bicyclic) bond motifs is 2. The van der Waals surface area contributed by atoms with Gasteiger partial charge in [-0.05, 0) is 49.9 Å². The van der Waals surface area contributed by atoms with Gasteiger partial charge in [0.1, 0.15) is 0 Å². The summed E-state index contributed by atoms with van der Waals surface area (Å²) in [6, 6.07) is 0.234. The molecule has 0 aromatic carbocycles. The molecule has 3 saturated carbocycles. The third kappa shape index (κ3) is 2.33. The van der Waals surface area contributed by atoms with Crippen LogP contribution in [0.4, 0.5) is 0 Å². The number of rotatable bonds is 3. The maximum absolute atomic E-state index is 12.6. The third-order valence-electron chi connectivity index (χ3n) is 5.93. The van der Waals surface area contributed by atoms with Crippen molar-refractivity contribution < 1.29 is 14.7 Å². The quantitative estimate of drug-likeness (QED) is 0.840. The molecule has 0 unspecified atom stereocenters. The first-order chi connectivity index (χ1) is 9.58. The van der Waals surface area contributed by atoms with Gasteiger partial charge in [0.2, 0.25) is 5.91 Å². The van der Waals surface area contributed by atoms with E-state index in [4.69, 9.17) is 0 Å². The molecule has 20 heavy (non-hydrogen) atoms. The van der Waals surface area contributed by atoms with Crippen molar-refractivity contribution in [3.8, 4) is 0 Å². The summed E-state index contributed by atoms with van der Waals surface area (Å²) in [6.07, 6.45) is 7.45. The van der Waals surface area contributed by atoms with Gasteiger partial charge in [-0.25, -0.2) is 0 Å². The van der Waals surface area contributed by atoms with Crippen LogP contribution in [0.5, 0.6) is 0 Å². The fourth-order valence-corrected chi connectivity index (χ4v) is 4.82. The minimum Gasteiger partial charge on any atom is -0.550 e. The molecule has 1 N–H and O–H groups in total. The molecule has 0 spiro atoms. The summed E-state index contributed by atoms with van der Waals surface area (Å²) in [5.74, 6) is -0.987. The van der Waals surface area contributed by atoms with Crippen molar-refractivity contribution in [1.29, 1.82) is 0 Å². The van der Waals surface area contributed by atoms with Crippen molar-refractivity contribution in [2.75, 3.05) is 0 Å². The van der Waals surface area contributed by atoms with Crippen molar-refractivity contribution in [1.82, 2.24) is 5.32 Å². The topological polar surface area (TPSA) is 69.2 Å². The summed E-state index contributed by atoms with van der Waals surface area (Å²) in [4.78, 5) is 23.9. The highest BCUT2D eigenvalue weighted by Gasteiger charge is 2.51. The molecular formula is C16H24NO3-. The zero-order valence-electron chi connectivity index (χ0n) is 12.1. The molecule has 3 aliphatic carbocycles. The van der Waals surface area contributed by atoms with Crippen LogP contribution in [-0.4, -0.2) is 17.9 Å². The lowest BCUT2D eigenvalue weighted by molar-refractivity contribution is -0.314. The van der Waals surface area contributed by atoms with Crippen LogP contribution >= 0.6 is 0 Å². The predicted octanol–water partition coefficient (Wildman–Crippen LogP) is 1.09. The van der Waals surface area contributed by atoms with E-state index in [1.165, 1.54) is 6.42 Å². The molecule has 0 saturated heterocycles. The number of hydrogen-bond donors (Lipinski definition) is 1. The molecule has 3 rings (SSSR count). The molecule has 4 heteroatoms. The van der Waals surface area contributed by atoms with Crippen molar-refractivity contribution in [3.05, 3.63) is 0 Å². The van der Waals surface area contributed by atoms with Gasteiger partial charge in [0.25, 0.3) is 0 Å². The lowest BCUT2D eigenvalue weighted by Crippen LogP contribution is -2.50. The maximum atomic E-state index is 12.6. The van der Waals surface area contributed by atoms with Gasteiger partial charge >= 0.3 is 0 Å². The van der Waals surface area contributed by atoms with Crippen molar-refractivity contribution in [2.45, 2.75) is 57.9 Å². The van der Waals surface area contributed by atoms with Gasteiger partial charge in [-0.3, -0.25) is 4.79 Å². The van der Waals surface area contributed by atoms with Crippen LogP contribution in [0.2, 0.25) is 0 Å². The summed E-state index contributed by atoms with van der Waals surface area (Å²) in [5.41, 5.74) is 0. The van der Waals surface area contributed by atoms with Crippen molar-refractivity contribution in [3.63, 3.8) is 0 Å². The molecule has 3 fully saturated rings. The number of amides is 1. The second-order valence-electron chi connectivity index (χ2n) is 7.08. The highest BCUT2D eigenvalue weighted by Crippen LogP contribution is 2.52. The Morgan fingerprint density at radius 2 is 1.65 bits per heavy atom. The largest absolute Gasteiger partial charge is 0.550 e. The van der Waals surface area contributed by atoms with E-state index in [9.17, 15) is 14.7 Å². The number of carboxylic acids is 1. The normalized spacial score (nSPS) is 43.5. The molecule has 6 atom stereocenters. The van der Waals surface area contributed by atoms with Crippen LogP contribution in [0.25, 0.3) is 0 Å². The molecule has 2 bridgehead atoms. The fraction of sp³-hybridized carbons (Fsp3) is 0.875. The second-order valence-corrected chi connectivity index (χ2v) is 7.08. The van der Waals surface area contributed by atoms with Crippen LogP contribution in [0.15, 0.2) is 0 Å². The van der Waals surface area contributed by atoms with E-state index in [0.717, 1.165) is 38.5 Å². The summed E-state index contributed by atoms with van der Waals surface area (Å²) >= 11 is 0. The van der Waals surface area contributed by atoms with E-state index in [1.54, 1.807) is 0 Å². The lowest BCUT2D eigenvalue weighted by Gasteiger charge is -2.35. The minimum absolute atomic E-state index is 0.0230. The monoisotopic (exact) mass is 278 g/mol. The van der Waals surface area contributed by atoms with Gasteiger partial charge in [-0.2, -0.15) is 0 Å². The highest BCUT2D eigenvalue weighted by molar-refractivity contribution is 5.85. The van der Waals surface area contributed by atoms with Gasteiger partial charge < -0.3 is 15.2 Å². The van der Waals surface area contributed by atoms with E-state index in [0.29, 0.717) is 5.92 Å². The smallest absolute Gasteiger partial charge is 0.224 e. The van der Waals surface area contributed by atoms with Crippen molar-refractivity contribution >= 4 is 11.9 Å². The Hall–Kier alpha value is -1.06. The van der Waals surface area contributed by atoms with E-state index in [-0.39, 0.29) is 29.7 Å².